The third-order valence-electron chi connectivity index (χ3n) is 3.05. The van der Waals surface area contributed by atoms with Gasteiger partial charge in [0.15, 0.2) is 11.6 Å². The van der Waals surface area contributed by atoms with E-state index >= 15 is 0 Å². The van der Waals surface area contributed by atoms with Crippen LogP contribution in [0.25, 0.3) is 0 Å². The number of methoxy groups -OCH3 is 1. The van der Waals surface area contributed by atoms with Crippen LogP contribution >= 0.6 is 11.3 Å². The first-order valence-electron chi connectivity index (χ1n) is 6.32. The molecule has 0 aliphatic rings. The van der Waals surface area contributed by atoms with Crippen LogP contribution in [-0.2, 0) is 12.8 Å². The lowest BCUT2D eigenvalue weighted by Crippen LogP contribution is -2.38. The summed E-state index contributed by atoms with van der Waals surface area (Å²) in [5, 5.41) is 2.99. The Labute approximate surface area is 121 Å². The summed E-state index contributed by atoms with van der Waals surface area (Å²) in [7, 11) is 1.46. The van der Waals surface area contributed by atoms with Gasteiger partial charge in [0.05, 0.1) is 12.1 Å². The smallest absolute Gasteiger partial charge is 0.168 e. The number of aryl methyl sites for hydroxylation is 1. The zero-order valence-corrected chi connectivity index (χ0v) is 12.3. The fourth-order valence-corrected chi connectivity index (χ4v) is 2.89. The summed E-state index contributed by atoms with van der Waals surface area (Å²) in [5.74, 6) is 5.49. The van der Waals surface area contributed by atoms with Crippen molar-refractivity contribution in [2.75, 3.05) is 7.11 Å². The SMILES string of the molecule is COc1cccc(CC(Cc2nc(C)cs2)NN)c1F. The van der Waals surface area contributed by atoms with E-state index in [9.17, 15) is 4.39 Å². The molecule has 1 heterocycles. The minimum absolute atomic E-state index is 0.0674. The highest BCUT2D eigenvalue weighted by Crippen LogP contribution is 2.22. The van der Waals surface area contributed by atoms with E-state index in [1.807, 2.05) is 12.3 Å². The van der Waals surface area contributed by atoms with E-state index in [0.29, 0.717) is 18.4 Å². The van der Waals surface area contributed by atoms with Crippen LogP contribution in [0.3, 0.4) is 0 Å². The van der Waals surface area contributed by atoms with Crippen molar-refractivity contribution in [3.05, 3.63) is 45.7 Å². The lowest BCUT2D eigenvalue weighted by molar-refractivity contribution is 0.382. The zero-order valence-electron chi connectivity index (χ0n) is 11.5. The molecule has 20 heavy (non-hydrogen) atoms. The maximum absolute atomic E-state index is 14.1. The Balaban J connectivity index is 2.10. The van der Waals surface area contributed by atoms with E-state index < -0.39 is 0 Å². The number of hydrogen-bond donors (Lipinski definition) is 2. The highest BCUT2D eigenvalue weighted by molar-refractivity contribution is 7.09. The van der Waals surface area contributed by atoms with Gasteiger partial charge < -0.3 is 4.74 Å². The number of halogens is 1. The molecular formula is C14H18FN3OS. The van der Waals surface area contributed by atoms with Crippen LogP contribution in [0.2, 0.25) is 0 Å². The molecule has 108 valence electrons. The Morgan fingerprint density at radius 2 is 2.25 bits per heavy atom. The highest BCUT2D eigenvalue weighted by Gasteiger charge is 2.15. The van der Waals surface area contributed by atoms with E-state index in [0.717, 1.165) is 10.7 Å². The first-order chi connectivity index (χ1) is 9.63. The molecule has 1 aromatic heterocycles. The number of aromatic nitrogens is 1. The number of hydrogen-bond acceptors (Lipinski definition) is 5. The van der Waals surface area contributed by atoms with Crippen LogP contribution in [0.5, 0.6) is 5.75 Å². The van der Waals surface area contributed by atoms with E-state index in [1.54, 1.807) is 29.5 Å². The van der Waals surface area contributed by atoms with Crippen LogP contribution in [-0.4, -0.2) is 18.1 Å². The number of nitrogens with two attached hydrogens (primary N) is 1. The summed E-state index contributed by atoms with van der Waals surface area (Å²) in [6.07, 6.45) is 1.16. The van der Waals surface area contributed by atoms with Gasteiger partial charge in [-0.05, 0) is 25.0 Å². The number of nitrogens with zero attached hydrogens (tertiary/aromatic N) is 1. The predicted molar refractivity (Wildman–Crippen MR) is 78.3 cm³/mol. The van der Waals surface area contributed by atoms with Gasteiger partial charge in [0.2, 0.25) is 0 Å². The van der Waals surface area contributed by atoms with Gasteiger partial charge in [0, 0.05) is 23.5 Å². The molecule has 0 aliphatic carbocycles. The number of benzene rings is 1. The Morgan fingerprint density at radius 3 is 2.85 bits per heavy atom. The van der Waals surface area contributed by atoms with Gasteiger partial charge in [0.25, 0.3) is 0 Å². The molecule has 0 spiro atoms. The Bertz CT molecular complexity index is 573. The van der Waals surface area contributed by atoms with Crippen molar-refractivity contribution in [1.29, 1.82) is 0 Å². The first kappa shape index (κ1) is 14.9. The molecule has 1 atom stereocenters. The Kier molecular flexibility index (Phi) is 5.05. The van der Waals surface area contributed by atoms with Crippen LogP contribution in [0.4, 0.5) is 4.39 Å². The summed E-state index contributed by atoms with van der Waals surface area (Å²) in [4.78, 5) is 4.40. The van der Waals surface area contributed by atoms with Gasteiger partial charge in [-0.3, -0.25) is 11.3 Å². The van der Waals surface area contributed by atoms with Crippen molar-refractivity contribution < 1.29 is 9.13 Å². The number of ether oxygens (including phenoxy) is 1. The molecule has 0 radical (unpaired) electrons. The second-order valence-corrected chi connectivity index (χ2v) is 5.53. The predicted octanol–water partition coefficient (Wildman–Crippen LogP) is 2.22. The molecular weight excluding hydrogens is 277 g/mol. The maximum atomic E-state index is 14.1. The fourth-order valence-electron chi connectivity index (χ4n) is 2.03. The summed E-state index contributed by atoms with van der Waals surface area (Å²) in [5.41, 5.74) is 4.31. The van der Waals surface area contributed by atoms with Crippen molar-refractivity contribution in [1.82, 2.24) is 10.4 Å². The monoisotopic (exact) mass is 295 g/mol. The van der Waals surface area contributed by atoms with Gasteiger partial charge in [0.1, 0.15) is 0 Å². The normalized spacial score (nSPS) is 12.4. The van der Waals surface area contributed by atoms with Crippen molar-refractivity contribution in [2.24, 2.45) is 5.84 Å². The second-order valence-electron chi connectivity index (χ2n) is 4.59. The van der Waals surface area contributed by atoms with Crippen LogP contribution < -0.4 is 16.0 Å². The molecule has 0 saturated heterocycles. The molecule has 4 nitrogen and oxygen atoms in total. The lowest BCUT2D eigenvalue weighted by Gasteiger charge is -2.15. The highest BCUT2D eigenvalue weighted by atomic mass is 32.1. The van der Waals surface area contributed by atoms with E-state index in [4.69, 9.17) is 10.6 Å². The van der Waals surface area contributed by atoms with Gasteiger partial charge >= 0.3 is 0 Å². The number of thiazole rings is 1. The molecule has 3 N–H and O–H groups in total. The number of hydrazine groups is 1. The third kappa shape index (κ3) is 3.53. The largest absolute Gasteiger partial charge is 0.494 e. The first-order valence-corrected chi connectivity index (χ1v) is 7.20. The molecule has 2 aromatic rings. The van der Waals surface area contributed by atoms with Crippen LogP contribution in [0.15, 0.2) is 23.6 Å². The van der Waals surface area contributed by atoms with Gasteiger partial charge in [-0.1, -0.05) is 12.1 Å². The molecule has 1 unspecified atom stereocenters. The van der Waals surface area contributed by atoms with Gasteiger partial charge in [-0.15, -0.1) is 11.3 Å². The van der Waals surface area contributed by atoms with E-state index in [1.165, 1.54) is 7.11 Å². The molecule has 0 aliphatic heterocycles. The molecule has 1 aromatic carbocycles. The Morgan fingerprint density at radius 1 is 1.45 bits per heavy atom. The van der Waals surface area contributed by atoms with Gasteiger partial charge in [-0.2, -0.15) is 0 Å². The fraction of sp³-hybridized carbons (Fsp3) is 0.357. The minimum atomic E-state index is -0.328. The lowest BCUT2D eigenvalue weighted by atomic mass is 10.0. The van der Waals surface area contributed by atoms with Crippen LogP contribution in [0, 0.1) is 12.7 Å². The summed E-state index contributed by atoms with van der Waals surface area (Å²) in [6.45, 7) is 1.95. The second kappa shape index (κ2) is 6.78. The summed E-state index contributed by atoms with van der Waals surface area (Å²) in [6, 6.07) is 5.06. The van der Waals surface area contributed by atoms with Crippen molar-refractivity contribution >= 4 is 11.3 Å². The molecule has 0 saturated carbocycles. The topological polar surface area (TPSA) is 60.2 Å². The molecule has 0 fully saturated rings. The number of rotatable bonds is 6. The maximum Gasteiger partial charge on any atom is 0.168 e. The van der Waals surface area contributed by atoms with Crippen molar-refractivity contribution in [3.8, 4) is 5.75 Å². The average Bonchev–Trinajstić information content (AvgIpc) is 2.85. The molecule has 2 rings (SSSR count). The quantitative estimate of drug-likeness (QED) is 0.634. The summed E-state index contributed by atoms with van der Waals surface area (Å²) >= 11 is 1.59. The number of nitrogens with one attached hydrogen (secondary N) is 1. The average molecular weight is 295 g/mol. The standard InChI is InChI=1S/C14H18FN3OS/c1-9-8-20-13(17-9)7-11(18-16)6-10-4-3-5-12(19-2)14(10)15/h3-5,8,11,18H,6-7,16H2,1-2H3. The van der Waals surface area contributed by atoms with Crippen LogP contribution in [0.1, 0.15) is 16.3 Å². The molecule has 0 bridgehead atoms. The zero-order chi connectivity index (χ0) is 14.5. The molecule has 6 heteroatoms. The van der Waals surface area contributed by atoms with E-state index in [-0.39, 0.29) is 17.6 Å². The van der Waals surface area contributed by atoms with Crippen molar-refractivity contribution in [3.63, 3.8) is 0 Å². The third-order valence-corrected chi connectivity index (χ3v) is 4.04. The molecule has 0 amide bonds. The summed E-state index contributed by atoms with van der Waals surface area (Å²) < 4.78 is 19.1. The van der Waals surface area contributed by atoms with Crippen molar-refractivity contribution in [2.45, 2.75) is 25.8 Å². The minimum Gasteiger partial charge on any atom is -0.494 e. The van der Waals surface area contributed by atoms with Gasteiger partial charge in [-0.25, -0.2) is 9.37 Å². The Hall–Kier alpha value is -1.50. The van der Waals surface area contributed by atoms with E-state index in [2.05, 4.69) is 10.4 Å².